The molecule has 2 unspecified atom stereocenters. The van der Waals surface area contributed by atoms with Crippen LogP contribution >= 0.6 is 0 Å². The van der Waals surface area contributed by atoms with Crippen LogP contribution < -0.4 is 5.73 Å². The Morgan fingerprint density at radius 1 is 1.44 bits per heavy atom. The Morgan fingerprint density at radius 3 is 2.78 bits per heavy atom. The molecule has 2 rings (SSSR count). The molecular formula is C12H16FNO3S. The summed E-state index contributed by atoms with van der Waals surface area (Å²) >= 11 is 0. The second kappa shape index (κ2) is 5.34. The van der Waals surface area contributed by atoms with Crippen molar-refractivity contribution in [1.82, 2.24) is 0 Å². The zero-order chi connectivity index (χ0) is 13.2. The van der Waals surface area contributed by atoms with Gasteiger partial charge >= 0.3 is 0 Å². The van der Waals surface area contributed by atoms with Crippen LogP contribution in [-0.4, -0.2) is 33.4 Å². The van der Waals surface area contributed by atoms with Crippen LogP contribution in [0.3, 0.4) is 0 Å². The van der Waals surface area contributed by atoms with E-state index in [0.29, 0.717) is 13.2 Å². The number of ether oxygens (including phenoxy) is 1. The molecule has 0 aromatic heterocycles. The van der Waals surface area contributed by atoms with Crippen molar-refractivity contribution in [2.24, 2.45) is 11.7 Å². The largest absolute Gasteiger partial charge is 0.381 e. The molecule has 2 atom stereocenters. The van der Waals surface area contributed by atoms with Crippen LogP contribution in [0, 0.1) is 11.7 Å². The van der Waals surface area contributed by atoms with Crippen LogP contribution in [0.25, 0.3) is 0 Å². The van der Waals surface area contributed by atoms with Crippen LogP contribution in [-0.2, 0) is 14.6 Å². The molecule has 4 nitrogen and oxygen atoms in total. The predicted octanol–water partition coefficient (Wildman–Crippen LogP) is 0.963. The average Bonchev–Trinajstić information content (AvgIpc) is 2.82. The molecule has 2 N–H and O–H groups in total. The van der Waals surface area contributed by atoms with Gasteiger partial charge in [0.25, 0.3) is 0 Å². The molecule has 0 radical (unpaired) electrons. The number of sulfone groups is 1. The van der Waals surface area contributed by atoms with Gasteiger partial charge in [-0.05, 0) is 18.6 Å². The topological polar surface area (TPSA) is 69.4 Å². The summed E-state index contributed by atoms with van der Waals surface area (Å²) in [6.07, 6.45) is 0.758. The fraction of sp³-hybridized carbons (Fsp3) is 0.500. The quantitative estimate of drug-likeness (QED) is 0.887. The van der Waals surface area contributed by atoms with Gasteiger partial charge in [-0.25, -0.2) is 12.8 Å². The van der Waals surface area contributed by atoms with Crippen molar-refractivity contribution in [2.45, 2.75) is 17.4 Å². The maximum Gasteiger partial charge on any atom is 0.182 e. The average molecular weight is 273 g/mol. The number of nitrogens with two attached hydrogens (primary N) is 1. The summed E-state index contributed by atoms with van der Waals surface area (Å²) in [4.78, 5) is -0.278. The highest BCUT2D eigenvalue weighted by Crippen LogP contribution is 2.21. The molecule has 0 spiro atoms. The fourth-order valence-electron chi connectivity index (χ4n) is 2.07. The van der Waals surface area contributed by atoms with E-state index in [1.54, 1.807) is 0 Å². The van der Waals surface area contributed by atoms with Gasteiger partial charge in [-0.1, -0.05) is 12.1 Å². The lowest BCUT2D eigenvalue weighted by molar-refractivity contribution is 0.182. The first kappa shape index (κ1) is 13.5. The summed E-state index contributed by atoms with van der Waals surface area (Å²) in [5.41, 5.74) is 5.87. The van der Waals surface area contributed by atoms with Crippen molar-refractivity contribution >= 4 is 9.84 Å². The zero-order valence-corrected chi connectivity index (χ0v) is 10.7. The van der Waals surface area contributed by atoms with Gasteiger partial charge in [0.15, 0.2) is 9.84 Å². The Morgan fingerprint density at radius 2 is 2.17 bits per heavy atom. The van der Waals surface area contributed by atoms with E-state index in [2.05, 4.69) is 0 Å². The van der Waals surface area contributed by atoms with Crippen molar-refractivity contribution < 1.29 is 17.5 Å². The summed E-state index contributed by atoms with van der Waals surface area (Å²) in [5.74, 6) is -0.943. The molecule has 100 valence electrons. The third kappa shape index (κ3) is 2.88. The minimum atomic E-state index is -3.68. The molecule has 1 aliphatic heterocycles. The molecule has 1 aromatic carbocycles. The second-order valence-corrected chi connectivity index (χ2v) is 6.50. The van der Waals surface area contributed by atoms with Crippen molar-refractivity contribution in [2.75, 3.05) is 19.0 Å². The predicted molar refractivity (Wildman–Crippen MR) is 65.4 cm³/mol. The van der Waals surface area contributed by atoms with Crippen molar-refractivity contribution in [3.8, 4) is 0 Å². The highest BCUT2D eigenvalue weighted by molar-refractivity contribution is 7.91. The zero-order valence-electron chi connectivity index (χ0n) is 9.88. The molecule has 0 aliphatic carbocycles. The maximum atomic E-state index is 13.5. The summed E-state index contributed by atoms with van der Waals surface area (Å²) < 4.78 is 42.8. The van der Waals surface area contributed by atoms with E-state index < -0.39 is 21.7 Å². The SMILES string of the molecule is NC(CS(=O)(=O)c1ccccc1F)C1CCOC1. The molecule has 1 aromatic rings. The first-order valence-electron chi connectivity index (χ1n) is 5.81. The van der Waals surface area contributed by atoms with Gasteiger partial charge < -0.3 is 10.5 Å². The van der Waals surface area contributed by atoms with Gasteiger partial charge in [-0.3, -0.25) is 0 Å². The molecule has 18 heavy (non-hydrogen) atoms. The van der Waals surface area contributed by atoms with E-state index in [1.165, 1.54) is 18.2 Å². The Bertz CT molecular complexity index is 512. The number of hydrogen-bond acceptors (Lipinski definition) is 4. The lowest BCUT2D eigenvalue weighted by atomic mass is 10.0. The smallest absolute Gasteiger partial charge is 0.182 e. The van der Waals surface area contributed by atoms with Crippen LogP contribution in [0.5, 0.6) is 0 Å². The molecule has 1 aliphatic rings. The summed E-state index contributed by atoms with van der Waals surface area (Å²) in [6, 6.07) is 4.84. The van der Waals surface area contributed by atoms with Crippen molar-refractivity contribution in [1.29, 1.82) is 0 Å². The maximum absolute atomic E-state index is 13.5. The van der Waals surface area contributed by atoms with E-state index in [-0.39, 0.29) is 16.6 Å². The van der Waals surface area contributed by atoms with Crippen LogP contribution in [0.2, 0.25) is 0 Å². The Kier molecular flexibility index (Phi) is 3.99. The highest BCUT2D eigenvalue weighted by atomic mass is 32.2. The van der Waals surface area contributed by atoms with Gasteiger partial charge in [-0.15, -0.1) is 0 Å². The third-order valence-electron chi connectivity index (χ3n) is 3.15. The summed E-state index contributed by atoms with van der Waals surface area (Å²) in [7, 11) is -3.68. The van der Waals surface area contributed by atoms with Crippen molar-refractivity contribution in [3.05, 3.63) is 30.1 Å². The number of hydrogen-bond donors (Lipinski definition) is 1. The first-order chi connectivity index (χ1) is 8.50. The molecule has 0 bridgehead atoms. The van der Waals surface area contributed by atoms with E-state index >= 15 is 0 Å². The lowest BCUT2D eigenvalue weighted by Crippen LogP contribution is -2.37. The van der Waals surface area contributed by atoms with Gasteiger partial charge in [0.2, 0.25) is 0 Å². The van der Waals surface area contributed by atoms with E-state index in [1.807, 2.05) is 0 Å². The minimum Gasteiger partial charge on any atom is -0.381 e. The molecule has 1 saturated heterocycles. The van der Waals surface area contributed by atoms with Gasteiger partial charge in [0, 0.05) is 18.6 Å². The number of benzene rings is 1. The van der Waals surface area contributed by atoms with Crippen LogP contribution in [0.4, 0.5) is 4.39 Å². The Balaban J connectivity index is 2.14. The first-order valence-corrected chi connectivity index (χ1v) is 7.46. The van der Waals surface area contributed by atoms with Crippen LogP contribution in [0.15, 0.2) is 29.2 Å². The van der Waals surface area contributed by atoms with Gasteiger partial charge in [-0.2, -0.15) is 0 Å². The standard InChI is InChI=1S/C12H16FNO3S/c13-10-3-1-2-4-12(10)18(15,16)8-11(14)9-5-6-17-7-9/h1-4,9,11H,5-8,14H2. The van der Waals surface area contributed by atoms with Crippen LogP contribution in [0.1, 0.15) is 6.42 Å². The van der Waals surface area contributed by atoms with Crippen molar-refractivity contribution in [3.63, 3.8) is 0 Å². The van der Waals surface area contributed by atoms with E-state index in [0.717, 1.165) is 12.5 Å². The van der Waals surface area contributed by atoms with E-state index in [9.17, 15) is 12.8 Å². The molecule has 1 fully saturated rings. The summed E-state index contributed by atoms with van der Waals surface area (Å²) in [6.45, 7) is 1.09. The Labute approximate surface area is 106 Å². The van der Waals surface area contributed by atoms with Gasteiger partial charge in [0.05, 0.1) is 12.4 Å². The monoisotopic (exact) mass is 273 g/mol. The minimum absolute atomic E-state index is 0.0338. The second-order valence-electron chi connectivity index (χ2n) is 4.50. The molecule has 6 heteroatoms. The lowest BCUT2D eigenvalue weighted by Gasteiger charge is -2.17. The molecular weight excluding hydrogens is 257 g/mol. The summed E-state index contributed by atoms with van der Waals surface area (Å²) in [5, 5.41) is 0. The molecule has 0 amide bonds. The van der Waals surface area contributed by atoms with E-state index in [4.69, 9.17) is 10.5 Å². The van der Waals surface area contributed by atoms with Gasteiger partial charge in [0.1, 0.15) is 10.7 Å². The Hall–Kier alpha value is -0.980. The molecule has 1 heterocycles. The number of halogens is 1. The third-order valence-corrected chi connectivity index (χ3v) is 4.98. The normalized spacial score (nSPS) is 22.0. The highest BCUT2D eigenvalue weighted by Gasteiger charge is 2.29. The molecule has 0 saturated carbocycles. The fourth-order valence-corrected chi connectivity index (χ4v) is 3.68. The number of rotatable bonds is 4.